The van der Waals surface area contributed by atoms with Crippen molar-refractivity contribution >= 4 is 0 Å². The number of hydrogen-bond donors (Lipinski definition) is 1. The highest BCUT2D eigenvalue weighted by Gasteiger charge is 2.16. The van der Waals surface area contributed by atoms with E-state index in [0.717, 1.165) is 44.7 Å². The highest BCUT2D eigenvalue weighted by atomic mass is 16.3. The van der Waals surface area contributed by atoms with Gasteiger partial charge in [-0.3, -0.25) is 9.69 Å². The molecular formula is C17H20N2O2. The minimum Gasteiger partial charge on any atom is -0.503 e. The molecule has 21 heavy (non-hydrogen) atoms. The first kappa shape index (κ1) is 13.9. The third-order valence-electron chi connectivity index (χ3n) is 4.02. The Labute approximate surface area is 124 Å². The SMILES string of the molecule is O=c1cc2n(cc1O)CCN(CCCc1ccccc1)C2. The van der Waals surface area contributed by atoms with Crippen LogP contribution in [0.4, 0.5) is 0 Å². The third-order valence-corrected chi connectivity index (χ3v) is 4.02. The second-order valence-electron chi connectivity index (χ2n) is 5.57. The van der Waals surface area contributed by atoms with Crippen molar-refractivity contribution in [2.24, 2.45) is 0 Å². The molecule has 1 aliphatic rings. The van der Waals surface area contributed by atoms with Gasteiger partial charge in [-0.25, -0.2) is 0 Å². The summed E-state index contributed by atoms with van der Waals surface area (Å²) in [6.45, 7) is 3.60. The van der Waals surface area contributed by atoms with Crippen molar-refractivity contribution in [2.45, 2.75) is 25.9 Å². The van der Waals surface area contributed by atoms with Gasteiger partial charge in [0.25, 0.3) is 0 Å². The van der Waals surface area contributed by atoms with E-state index in [2.05, 4.69) is 29.2 Å². The molecule has 4 heteroatoms. The largest absolute Gasteiger partial charge is 0.503 e. The lowest BCUT2D eigenvalue weighted by atomic mass is 10.1. The third kappa shape index (κ3) is 3.34. The molecular weight excluding hydrogens is 264 g/mol. The Kier molecular flexibility index (Phi) is 4.06. The Balaban J connectivity index is 1.57. The summed E-state index contributed by atoms with van der Waals surface area (Å²) in [5.41, 5.74) is 2.08. The van der Waals surface area contributed by atoms with Gasteiger partial charge >= 0.3 is 0 Å². The molecule has 0 bridgehead atoms. The molecule has 0 radical (unpaired) electrons. The maximum absolute atomic E-state index is 11.5. The van der Waals surface area contributed by atoms with E-state index >= 15 is 0 Å². The maximum atomic E-state index is 11.5. The molecule has 0 saturated heterocycles. The first-order valence-corrected chi connectivity index (χ1v) is 7.41. The van der Waals surface area contributed by atoms with Crippen LogP contribution in [0.5, 0.6) is 5.75 Å². The zero-order chi connectivity index (χ0) is 14.7. The molecule has 2 heterocycles. The minimum atomic E-state index is -0.285. The van der Waals surface area contributed by atoms with E-state index in [0.29, 0.717) is 0 Å². The Morgan fingerprint density at radius 2 is 1.95 bits per heavy atom. The van der Waals surface area contributed by atoms with E-state index in [1.165, 1.54) is 5.56 Å². The Morgan fingerprint density at radius 3 is 2.76 bits per heavy atom. The fourth-order valence-corrected chi connectivity index (χ4v) is 2.85. The number of rotatable bonds is 4. The number of pyridine rings is 1. The highest BCUT2D eigenvalue weighted by Crippen LogP contribution is 2.14. The van der Waals surface area contributed by atoms with Crippen LogP contribution in [-0.2, 0) is 19.5 Å². The smallest absolute Gasteiger partial charge is 0.223 e. The van der Waals surface area contributed by atoms with Gasteiger partial charge in [0.15, 0.2) is 5.75 Å². The van der Waals surface area contributed by atoms with E-state index in [-0.39, 0.29) is 11.2 Å². The van der Waals surface area contributed by atoms with Gasteiger partial charge < -0.3 is 9.67 Å². The van der Waals surface area contributed by atoms with Crippen LogP contribution in [0.25, 0.3) is 0 Å². The van der Waals surface area contributed by atoms with Crippen molar-refractivity contribution in [3.05, 3.63) is 64.1 Å². The van der Waals surface area contributed by atoms with E-state index in [1.54, 1.807) is 12.3 Å². The fourth-order valence-electron chi connectivity index (χ4n) is 2.85. The van der Waals surface area contributed by atoms with E-state index < -0.39 is 0 Å². The van der Waals surface area contributed by atoms with Gasteiger partial charge in [0.05, 0.1) is 6.20 Å². The van der Waals surface area contributed by atoms with E-state index in [9.17, 15) is 9.90 Å². The maximum Gasteiger partial charge on any atom is 0.223 e. The number of hydrogen-bond acceptors (Lipinski definition) is 3. The van der Waals surface area contributed by atoms with Gasteiger partial charge in [-0.2, -0.15) is 0 Å². The molecule has 1 N–H and O–H groups in total. The standard InChI is InChI=1S/C17H20N2O2/c20-16-11-15-12-18(9-10-19(15)13-17(16)21)8-4-7-14-5-2-1-3-6-14/h1-3,5-6,11,13,21H,4,7-10,12H2. The second-order valence-corrected chi connectivity index (χ2v) is 5.57. The average Bonchev–Trinajstić information content (AvgIpc) is 2.50. The van der Waals surface area contributed by atoms with Crippen molar-refractivity contribution in [3.8, 4) is 5.75 Å². The Bertz CT molecular complexity index is 664. The summed E-state index contributed by atoms with van der Waals surface area (Å²) in [5.74, 6) is -0.156. The monoisotopic (exact) mass is 284 g/mol. The number of aromatic nitrogens is 1. The molecule has 1 aliphatic heterocycles. The first-order chi connectivity index (χ1) is 10.2. The Hall–Kier alpha value is -2.07. The lowest BCUT2D eigenvalue weighted by Gasteiger charge is -2.30. The van der Waals surface area contributed by atoms with Gasteiger partial charge in [-0.1, -0.05) is 30.3 Å². The molecule has 0 aliphatic carbocycles. The molecule has 0 saturated carbocycles. The summed E-state index contributed by atoms with van der Waals surface area (Å²) in [6, 6.07) is 12.1. The van der Waals surface area contributed by atoms with Crippen molar-refractivity contribution in [1.29, 1.82) is 0 Å². The van der Waals surface area contributed by atoms with Gasteiger partial charge in [0, 0.05) is 31.4 Å². The van der Waals surface area contributed by atoms with Gasteiger partial charge in [0.2, 0.25) is 5.43 Å². The van der Waals surface area contributed by atoms with Crippen molar-refractivity contribution in [3.63, 3.8) is 0 Å². The lowest BCUT2D eigenvalue weighted by Crippen LogP contribution is -2.35. The Morgan fingerprint density at radius 1 is 1.14 bits per heavy atom. The molecule has 1 aromatic carbocycles. The van der Waals surface area contributed by atoms with Crippen LogP contribution in [0.2, 0.25) is 0 Å². The normalized spacial score (nSPS) is 14.9. The molecule has 110 valence electrons. The van der Waals surface area contributed by atoms with Crippen LogP contribution in [0.3, 0.4) is 0 Å². The number of aryl methyl sites for hydroxylation is 1. The zero-order valence-electron chi connectivity index (χ0n) is 12.0. The molecule has 0 fully saturated rings. The zero-order valence-corrected chi connectivity index (χ0v) is 12.0. The summed E-state index contributed by atoms with van der Waals surface area (Å²) in [6.07, 6.45) is 3.75. The topological polar surface area (TPSA) is 45.5 Å². The van der Waals surface area contributed by atoms with Gasteiger partial charge in [0.1, 0.15) is 0 Å². The first-order valence-electron chi connectivity index (χ1n) is 7.41. The van der Waals surface area contributed by atoms with E-state index in [4.69, 9.17) is 0 Å². The van der Waals surface area contributed by atoms with Gasteiger partial charge in [-0.05, 0) is 24.9 Å². The predicted octanol–water partition coefficient (Wildman–Crippen LogP) is 2.00. The highest BCUT2D eigenvalue weighted by molar-refractivity contribution is 5.21. The summed E-state index contributed by atoms with van der Waals surface area (Å²) < 4.78 is 1.98. The molecule has 0 unspecified atom stereocenters. The molecule has 1 aromatic heterocycles. The molecule has 3 rings (SSSR count). The van der Waals surface area contributed by atoms with Crippen LogP contribution in [-0.4, -0.2) is 27.7 Å². The molecule has 2 aromatic rings. The molecule has 4 nitrogen and oxygen atoms in total. The summed E-state index contributed by atoms with van der Waals surface area (Å²) in [5, 5.41) is 9.46. The second kappa shape index (κ2) is 6.14. The number of fused-ring (bicyclic) bond motifs is 1. The molecule has 0 atom stereocenters. The van der Waals surface area contributed by atoms with Crippen molar-refractivity contribution in [2.75, 3.05) is 13.1 Å². The molecule has 0 spiro atoms. The predicted molar refractivity (Wildman–Crippen MR) is 82.4 cm³/mol. The van der Waals surface area contributed by atoms with Crippen LogP contribution < -0.4 is 5.43 Å². The average molecular weight is 284 g/mol. The number of aromatic hydroxyl groups is 1. The van der Waals surface area contributed by atoms with Crippen LogP contribution in [0.1, 0.15) is 17.7 Å². The fraction of sp³-hybridized carbons (Fsp3) is 0.353. The van der Waals surface area contributed by atoms with Crippen LogP contribution in [0.15, 0.2) is 47.4 Å². The van der Waals surface area contributed by atoms with E-state index in [1.807, 2.05) is 10.6 Å². The van der Waals surface area contributed by atoms with Crippen molar-refractivity contribution < 1.29 is 5.11 Å². The minimum absolute atomic E-state index is 0.156. The summed E-state index contributed by atoms with van der Waals surface area (Å²) in [4.78, 5) is 13.9. The summed E-state index contributed by atoms with van der Waals surface area (Å²) >= 11 is 0. The van der Waals surface area contributed by atoms with Crippen LogP contribution >= 0.6 is 0 Å². The molecule has 0 amide bonds. The lowest BCUT2D eigenvalue weighted by molar-refractivity contribution is 0.216. The number of benzene rings is 1. The van der Waals surface area contributed by atoms with Crippen LogP contribution in [0, 0.1) is 0 Å². The van der Waals surface area contributed by atoms with Gasteiger partial charge in [-0.15, -0.1) is 0 Å². The summed E-state index contributed by atoms with van der Waals surface area (Å²) in [7, 11) is 0. The quantitative estimate of drug-likeness (QED) is 0.934. The van der Waals surface area contributed by atoms with Crippen molar-refractivity contribution in [1.82, 2.24) is 9.47 Å². The number of nitrogens with zero attached hydrogens (tertiary/aromatic N) is 2.